The molecule has 3 nitrogen and oxygen atoms in total. The van der Waals surface area contributed by atoms with Gasteiger partial charge in [-0.15, -0.1) is 0 Å². The molecule has 1 heterocycles. The molecule has 2 rings (SSSR count). The second-order valence-corrected chi connectivity index (χ2v) is 6.77. The number of hydrogen-bond donors (Lipinski definition) is 1. The maximum absolute atomic E-state index is 6.13. The van der Waals surface area contributed by atoms with Crippen molar-refractivity contribution in [3.8, 4) is 0 Å². The molecular formula is C18H32N2O. The summed E-state index contributed by atoms with van der Waals surface area (Å²) in [5, 5.41) is 0. The van der Waals surface area contributed by atoms with E-state index in [1.807, 2.05) is 0 Å². The molecule has 1 saturated carbocycles. The fraction of sp³-hybridized carbons (Fsp3) is 0.778. The summed E-state index contributed by atoms with van der Waals surface area (Å²) in [6.45, 7) is 8.50. The molecule has 21 heavy (non-hydrogen) atoms. The Morgan fingerprint density at radius 2 is 2.00 bits per heavy atom. The zero-order chi connectivity index (χ0) is 15.2. The number of aryl methyl sites for hydroxylation is 1. The first-order chi connectivity index (χ1) is 10.2. The average molecular weight is 292 g/mol. The minimum absolute atomic E-state index is 0.243. The van der Waals surface area contributed by atoms with Crippen LogP contribution in [0.3, 0.4) is 0 Å². The van der Waals surface area contributed by atoms with Crippen LogP contribution in [-0.4, -0.2) is 24.0 Å². The minimum atomic E-state index is 0.243. The van der Waals surface area contributed by atoms with E-state index in [-0.39, 0.29) is 6.04 Å². The summed E-state index contributed by atoms with van der Waals surface area (Å²) in [7, 11) is 0. The van der Waals surface area contributed by atoms with Gasteiger partial charge in [-0.1, -0.05) is 33.6 Å². The van der Waals surface area contributed by atoms with Crippen LogP contribution in [0.4, 0.5) is 0 Å². The van der Waals surface area contributed by atoms with Gasteiger partial charge in [-0.25, -0.2) is 0 Å². The molecule has 1 aliphatic rings. The maximum Gasteiger partial charge on any atom is 0.122 e. The number of hydrogen-bond acceptors (Lipinski definition) is 3. The van der Waals surface area contributed by atoms with Crippen LogP contribution in [0.25, 0.3) is 0 Å². The standard InChI is InChI=1S/C18H32N2O/c1-4-16-9-10-18(21-16)17(13-19)20(12-11-14(2)3)15-7-5-6-8-15/h9-10,14-15,17H,4-8,11-13,19H2,1-3H3. The van der Waals surface area contributed by atoms with Crippen LogP contribution in [-0.2, 0) is 6.42 Å². The van der Waals surface area contributed by atoms with Crippen molar-refractivity contribution in [3.05, 3.63) is 23.7 Å². The van der Waals surface area contributed by atoms with Crippen molar-refractivity contribution in [2.45, 2.75) is 71.4 Å². The van der Waals surface area contributed by atoms with Gasteiger partial charge >= 0.3 is 0 Å². The summed E-state index contributed by atoms with van der Waals surface area (Å²) in [6, 6.07) is 5.17. The van der Waals surface area contributed by atoms with Gasteiger partial charge in [-0.2, -0.15) is 0 Å². The van der Waals surface area contributed by atoms with Crippen molar-refractivity contribution in [3.63, 3.8) is 0 Å². The van der Waals surface area contributed by atoms with Crippen molar-refractivity contribution < 1.29 is 4.42 Å². The van der Waals surface area contributed by atoms with Gasteiger partial charge in [0, 0.05) is 19.0 Å². The Hall–Kier alpha value is -0.800. The summed E-state index contributed by atoms with van der Waals surface area (Å²) in [4.78, 5) is 2.63. The van der Waals surface area contributed by atoms with Crippen LogP contribution in [0.5, 0.6) is 0 Å². The lowest BCUT2D eigenvalue weighted by Crippen LogP contribution is -2.41. The van der Waals surface area contributed by atoms with Crippen LogP contribution in [0.15, 0.2) is 16.5 Å². The summed E-state index contributed by atoms with van der Waals surface area (Å²) >= 11 is 0. The molecule has 1 unspecified atom stereocenters. The summed E-state index contributed by atoms with van der Waals surface area (Å²) in [5.41, 5.74) is 6.13. The van der Waals surface area contributed by atoms with Crippen LogP contribution >= 0.6 is 0 Å². The minimum Gasteiger partial charge on any atom is -0.464 e. The Morgan fingerprint density at radius 1 is 1.29 bits per heavy atom. The molecule has 1 aromatic heterocycles. The maximum atomic E-state index is 6.13. The molecule has 3 heteroatoms. The number of nitrogens with two attached hydrogens (primary N) is 1. The summed E-state index contributed by atoms with van der Waals surface area (Å²) in [6.07, 6.45) is 7.53. The Balaban J connectivity index is 2.14. The van der Waals surface area contributed by atoms with Crippen LogP contribution in [0.1, 0.15) is 70.4 Å². The molecule has 0 amide bonds. The largest absolute Gasteiger partial charge is 0.464 e. The highest BCUT2D eigenvalue weighted by molar-refractivity contribution is 5.12. The number of rotatable bonds is 8. The van der Waals surface area contributed by atoms with Crippen molar-refractivity contribution in [1.82, 2.24) is 4.90 Å². The second-order valence-electron chi connectivity index (χ2n) is 6.77. The van der Waals surface area contributed by atoms with Crippen molar-refractivity contribution >= 4 is 0 Å². The lowest BCUT2D eigenvalue weighted by Gasteiger charge is -2.35. The van der Waals surface area contributed by atoms with E-state index >= 15 is 0 Å². The molecule has 0 saturated heterocycles. The first-order valence-electron chi connectivity index (χ1n) is 8.70. The Bertz CT molecular complexity index is 407. The van der Waals surface area contributed by atoms with Gasteiger partial charge in [0.15, 0.2) is 0 Å². The normalized spacial score (nSPS) is 18.0. The molecule has 1 aromatic rings. The molecule has 0 spiro atoms. The molecule has 1 fully saturated rings. The third-order valence-electron chi connectivity index (χ3n) is 4.74. The van der Waals surface area contributed by atoms with Gasteiger partial charge in [0.2, 0.25) is 0 Å². The van der Waals surface area contributed by atoms with Crippen molar-refractivity contribution in [2.24, 2.45) is 11.7 Å². The molecule has 1 aliphatic carbocycles. The van der Waals surface area contributed by atoms with Crippen LogP contribution in [0.2, 0.25) is 0 Å². The van der Waals surface area contributed by atoms with Crippen molar-refractivity contribution in [2.75, 3.05) is 13.1 Å². The molecule has 0 aliphatic heterocycles. The van der Waals surface area contributed by atoms with Gasteiger partial charge in [0.25, 0.3) is 0 Å². The fourth-order valence-electron chi connectivity index (χ4n) is 3.41. The third-order valence-corrected chi connectivity index (χ3v) is 4.74. The molecular weight excluding hydrogens is 260 g/mol. The van der Waals surface area contributed by atoms with E-state index < -0.39 is 0 Å². The Labute approximate surface area is 129 Å². The van der Waals surface area contributed by atoms with Gasteiger partial charge in [0.1, 0.15) is 11.5 Å². The highest BCUT2D eigenvalue weighted by Gasteiger charge is 2.30. The number of furan rings is 1. The van der Waals surface area contributed by atoms with E-state index in [4.69, 9.17) is 10.2 Å². The lowest BCUT2D eigenvalue weighted by molar-refractivity contribution is 0.115. The van der Waals surface area contributed by atoms with Gasteiger partial charge in [-0.3, -0.25) is 4.90 Å². The van der Waals surface area contributed by atoms with Gasteiger partial charge in [0.05, 0.1) is 6.04 Å². The number of nitrogens with zero attached hydrogens (tertiary/aromatic N) is 1. The van der Waals surface area contributed by atoms with Crippen molar-refractivity contribution in [1.29, 1.82) is 0 Å². The molecule has 120 valence electrons. The SMILES string of the molecule is CCc1ccc(C(CN)N(CCC(C)C)C2CCCC2)o1. The Kier molecular flexibility index (Phi) is 6.31. The van der Waals surface area contributed by atoms with E-state index in [0.717, 1.165) is 30.4 Å². The van der Waals surface area contributed by atoms with Crippen LogP contribution in [0, 0.1) is 5.92 Å². The topological polar surface area (TPSA) is 42.4 Å². The molecule has 0 radical (unpaired) electrons. The van der Waals surface area contributed by atoms with E-state index in [1.165, 1.54) is 32.1 Å². The zero-order valence-corrected chi connectivity index (χ0v) is 14.0. The second kappa shape index (κ2) is 8.00. The smallest absolute Gasteiger partial charge is 0.122 e. The fourth-order valence-corrected chi connectivity index (χ4v) is 3.41. The van der Waals surface area contributed by atoms with Gasteiger partial charge in [-0.05, 0) is 43.9 Å². The van der Waals surface area contributed by atoms with E-state index in [0.29, 0.717) is 12.6 Å². The average Bonchev–Trinajstić information content (AvgIpc) is 3.13. The van der Waals surface area contributed by atoms with E-state index in [9.17, 15) is 0 Å². The van der Waals surface area contributed by atoms with Crippen LogP contribution < -0.4 is 5.73 Å². The predicted molar refractivity (Wildman–Crippen MR) is 88.3 cm³/mol. The lowest BCUT2D eigenvalue weighted by atomic mass is 10.0. The Morgan fingerprint density at radius 3 is 2.52 bits per heavy atom. The summed E-state index contributed by atoms with van der Waals surface area (Å²) < 4.78 is 6.01. The first-order valence-corrected chi connectivity index (χ1v) is 8.70. The highest BCUT2D eigenvalue weighted by Crippen LogP contribution is 2.32. The van der Waals surface area contributed by atoms with E-state index in [2.05, 4.69) is 37.8 Å². The quantitative estimate of drug-likeness (QED) is 0.783. The highest BCUT2D eigenvalue weighted by atomic mass is 16.3. The molecule has 2 N–H and O–H groups in total. The summed E-state index contributed by atoms with van der Waals surface area (Å²) in [5.74, 6) is 2.86. The van der Waals surface area contributed by atoms with E-state index in [1.54, 1.807) is 0 Å². The third kappa shape index (κ3) is 4.33. The monoisotopic (exact) mass is 292 g/mol. The molecule has 0 aromatic carbocycles. The first kappa shape index (κ1) is 16.6. The van der Waals surface area contributed by atoms with Gasteiger partial charge < -0.3 is 10.2 Å². The zero-order valence-electron chi connectivity index (χ0n) is 14.0. The molecule has 1 atom stereocenters. The molecule has 0 bridgehead atoms. The predicted octanol–water partition coefficient (Wildman–Crippen LogP) is 4.13.